The minimum atomic E-state index is -4.45. The number of amidine groups is 1. The quantitative estimate of drug-likeness (QED) is 0.190. The summed E-state index contributed by atoms with van der Waals surface area (Å²) in [6.07, 6.45) is 9.96. The van der Waals surface area contributed by atoms with Gasteiger partial charge >= 0.3 is 6.18 Å². The topological polar surface area (TPSA) is 46.4 Å². The Labute approximate surface area is 237 Å². The highest BCUT2D eigenvalue weighted by Gasteiger charge is 2.54. The molecule has 0 spiro atoms. The number of halogens is 3. The van der Waals surface area contributed by atoms with Gasteiger partial charge in [0.05, 0.1) is 24.3 Å². The Morgan fingerprint density at radius 2 is 1.82 bits per heavy atom. The summed E-state index contributed by atoms with van der Waals surface area (Å²) in [4.78, 5) is 10.8. The molecule has 0 saturated carbocycles. The molecule has 0 aromatic heterocycles. The molecule has 218 valence electrons. The van der Waals surface area contributed by atoms with E-state index in [9.17, 15) is 13.2 Å². The van der Waals surface area contributed by atoms with Crippen LogP contribution >= 0.6 is 0 Å². The van der Waals surface area contributed by atoms with E-state index in [2.05, 4.69) is 36.5 Å². The summed E-state index contributed by atoms with van der Waals surface area (Å²) in [6, 6.07) is 6.10. The fraction of sp³-hybridized carbons (Fsp3) is 0.548. The smallest absolute Gasteiger partial charge is 0.412 e. The van der Waals surface area contributed by atoms with Gasteiger partial charge in [-0.25, -0.2) is 0 Å². The minimum Gasteiger partial charge on any atom is -0.494 e. The Hall–Kier alpha value is -2.65. The summed E-state index contributed by atoms with van der Waals surface area (Å²) in [7, 11) is -1.34. The van der Waals surface area contributed by atoms with Gasteiger partial charge < -0.3 is 14.4 Å². The molecule has 1 aromatic carbocycles. The predicted molar refractivity (Wildman–Crippen MR) is 160 cm³/mol. The van der Waals surface area contributed by atoms with E-state index in [1.165, 1.54) is 0 Å². The van der Waals surface area contributed by atoms with Crippen LogP contribution in [0.5, 0.6) is 5.75 Å². The van der Waals surface area contributed by atoms with E-state index in [4.69, 9.17) is 9.47 Å². The Balaban J connectivity index is 1.52. The number of benzene rings is 1. The number of nitrogens with zero attached hydrogens (tertiary/aromatic N) is 3. The molecule has 2 unspecified atom stereocenters. The average Bonchev–Trinajstić information content (AvgIpc) is 3.32. The van der Waals surface area contributed by atoms with E-state index in [1.54, 1.807) is 11.1 Å². The number of rotatable bonds is 12. The van der Waals surface area contributed by atoms with Crippen LogP contribution in [-0.2, 0) is 4.74 Å². The molecule has 0 amide bonds. The first-order valence-corrected chi connectivity index (χ1v) is 18.1. The largest absolute Gasteiger partial charge is 0.494 e. The summed E-state index contributed by atoms with van der Waals surface area (Å²) in [5, 5.41) is 0. The lowest BCUT2D eigenvalue weighted by Gasteiger charge is -2.37. The van der Waals surface area contributed by atoms with Crippen molar-refractivity contribution < 1.29 is 22.6 Å². The third kappa shape index (κ3) is 7.97. The maximum Gasteiger partial charge on any atom is 0.412 e. The van der Waals surface area contributed by atoms with E-state index < -0.39 is 26.3 Å². The summed E-state index contributed by atoms with van der Waals surface area (Å²) in [5.41, 5.74) is 1.75. The fourth-order valence-electron chi connectivity index (χ4n) is 5.15. The van der Waals surface area contributed by atoms with Crippen molar-refractivity contribution in [2.24, 2.45) is 21.8 Å². The van der Waals surface area contributed by atoms with Gasteiger partial charge in [0, 0.05) is 32.4 Å². The number of alkyl halides is 3. The van der Waals surface area contributed by atoms with Crippen molar-refractivity contribution in [3.05, 3.63) is 60.2 Å². The molecule has 0 fully saturated rings. The first-order valence-electron chi connectivity index (χ1n) is 14.4. The highest BCUT2D eigenvalue weighted by Crippen LogP contribution is 2.40. The second kappa shape index (κ2) is 13.3. The maximum atomic E-state index is 14.4. The van der Waals surface area contributed by atoms with Crippen LogP contribution in [0, 0.1) is 11.8 Å². The molecule has 3 aliphatic rings. The van der Waals surface area contributed by atoms with Gasteiger partial charge in [0.15, 0.2) is 6.04 Å². The molecule has 0 N–H and O–H groups in total. The van der Waals surface area contributed by atoms with Crippen molar-refractivity contribution in [2.45, 2.75) is 76.6 Å². The Morgan fingerprint density at radius 3 is 2.42 bits per heavy atom. The van der Waals surface area contributed by atoms with Gasteiger partial charge in [-0.2, -0.15) is 13.2 Å². The monoisotopic (exact) mass is 573 g/mol. The van der Waals surface area contributed by atoms with Crippen LogP contribution in [0.15, 0.2) is 64.6 Å². The number of ether oxygens (including phenoxy) is 2. The van der Waals surface area contributed by atoms with Crippen LogP contribution in [0.4, 0.5) is 13.2 Å². The molecule has 4 rings (SSSR count). The van der Waals surface area contributed by atoms with Crippen LogP contribution < -0.4 is 4.74 Å². The van der Waals surface area contributed by atoms with Crippen LogP contribution in [0.25, 0.3) is 5.70 Å². The summed E-state index contributed by atoms with van der Waals surface area (Å²) < 4.78 is 54.9. The Bertz CT molecular complexity index is 1140. The van der Waals surface area contributed by atoms with E-state index in [1.807, 2.05) is 54.6 Å². The van der Waals surface area contributed by atoms with Crippen molar-refractivity contribution >= 4 is 25.8 Å². The van der Waals surface area contributed by atoms with Crippen molar-refractivity contribution in [3.8, 4) is 5.75 Å². The average molecular weight is 574 g/mol. The molecule has 9 heteroatoms. The van der Waals surface area contributed by atoms with E-state index in [-0.39, 0.29) is 18.6 Å². The summed E-state index contributed by atoms with van der Waals surface area (Å²) in [5.74, 6) is 0.584. The van der Waals surface area contributed by atoms with E-state index in [0.29, 0.717) is 31.9 Å². The lowest BCUT2D eigenvalue weighted by atomic mass is 9.87. The zero-order valence-corrected chi connectivity index (χ0v) is 25.0. The van der Waals surface area contributed by atoms with E-state index in [0.717, 1.165) is 35.9 Å². The van der Waals surface area contributed by atoms with Crippen molar-refractivity contribution in [1.29, 1.82) is 0 Å². The van der Waals surface area contributed by atoms with Gasteiger partial charge in [0.2, 0.25) is 0 Å². The molecule has 5 nitrogen and oxygen atoms in total. The lowest BCUT2D eigenvalue weighted by molar-refractivity contribution is -0.159. The molecule has 0 bridgehead atoms. The summed E-state index contributed by atoms with van der Waals surface area (Å²) in [6.45, 7) is 10.2. The minimum absolute atomic E-state index is 0.0923. The molecular formula is C31H42F3N3O2Si. The molecule has 40 heavy (non-hydrogen) atoms. The van der Waals surface area contributed by atoms with Crippen LogP contribution in [0.3, 0.4) is 0 Å². The van der Waals surface area contributed by atoms with Crippen molar-refractivity contribution in [1.82, 2.24) is 4.90 Å². The van der Waals surface area contributed by atoms with Gasteiger partial charge in [-0.1, -0.05) is 63.4 Å². The van der Waals surface area contributed by atoms with Crippen LogP contribution in [-0.4, -0.2) is 63.2 Å². The molecule has 1 aliphatic carbocycles. The SMILES string of the molecule is CCCCOc1ccc(C2=CCC(C3=NC(C(F)(F)F)[C@@H]([C@H]4C=CC=CC4)N3COCC[Si](C)(C)C)C=N2)cc1. The standard InChI is InChI=1S/C31H42F3N3O2Si/c1-5-6-18-39-26-15-12-23(13-16-26)27-17-14-25(21-35-27)30-36-29(31(32,33)34)28(24-10-8-7-9-11-24)37(30)22-38-19-20-40(2,3)4/h7-10,12-13,15-17,21,24-25,28-29H,5-6,11,14,18-20,22H2,1-4H3/t24-,25?,28+,29?/m0/s1. The van der Waals surface area contributed by atoms with Gasteiger partial charge in [-0.15, -0.1) is 0 Å². The van der Waals surface area contributed by atoms with Gasteiger partial charge in [-0.3, -0.25) is 9.98 Å². The van der Waals surface area contributed by atoms with Gasteiger partial charge in [0.1, 0.15) is 18.3 Å². The molecular weight excluding hydrogens is 531 g/mol. The van der Waals surface area contributed by atoms with Gasteiger partial charge in [-0.05, 0) is 49.6 Å². The van der Waals surface area contributed by atoms with Gasteiger partial charge in [0.25, 0.3) is 0 Å². The molecule has 0 saturated heterocycles. The molecule has 2 heterocycles. The van der Waals surface area contributed by atoms with E-state index >= 15 is 0 Å². The third-order valence-corrected chi connectivity index (χ3v) is 9.17. The van der Waals surface area contributed by atoms with Crippen LogP contribution in [0.2, 0.25) is 25.7 Å². The second-order valence-corrected chi connectivity index (χ2v) is 17.6. The lowest BCUT2D eigenvalue weighted by Crippen LogP contribution is -2.51. The normalized spacial score (nSPS) is 24.8. The molecule has 0 radical (unpaired) electrons. The molecule has 4 atom stereocenters. The fourth-order valence-corrected chi connectivity index (χ4v) is 5.90. The second-order valence-electron chi connectivity index (χ2n) is 11.9. The maximum absolute atomic E-state index is 14.4. The predicted octanol–water partition coefficient (Wildman–Crippen LogP) is 7.76. The third-order valence-electron chi connectivity index (χ3n) is 7.47. The Morgan fingerprint density at radius 1 is 1.05 bits per heavy atom. The molecule has 1 aromatic rings. The first kappa shape index (κ1) is 30.3. The number of hydrogen-bond acceptors (Lipinski definition) is 5. The number of allylic oxidation sites excluding steroid dienone is 4. The highest BCUT2D eigenvalue weighted by atomic mass is 28.3. The zero-order valence-electron chi connectivity index (χ0n) is 24.0. The zero-order chi connectivity index (χ0) is 28.8. The number of hydrogen-bond donors (Lipinski definition) is 0. The molecule has 2 aliphatic heterocycles. The first-order chi connectivity index (χ1) is 19.1. The Kier molecular flexibility index (Phi) is 10.1. The number of aliphatic imine (C=N–C) groups is 2. The summed E-state index contributed by atoms with van der Waals surface area (Å²) >= 11 is 0. The highest BCUT2D eigenvalue weighted by molar-refractivity contribution is 6.76. The number of unbranched alkanes of at least 4 members (excludes halogenated alkanes) is 1. The van der Waals surface area contributed by atoms with Crippen LogP contribution in [0.1, 0.15) is 38.2 Å². The van der Waals surface area contributed by atoms with Crippen molar-refractivity contribution in [2.75, 3.05) is 19.9 Å². The van der Waals surface area contributed by atoms with Crippen molar-refractivity contribution in [3.63, 3.8) is 0 Å².